The van der Waals surface area contributed by atoms with E-state index in [1.807, 2.05) is 29.7 Å². The molecule has 1 amide bonds. The van der Waals surface area contributed by atoms with Crippen LogP contribution in [0, 0.1) is 5.92 Å². The highest BCUT2D eigenvalue weighted by atomic mass is 127. The van der Waals surface area contributed by atoms with E-state index in [-0.39, 0.29) is 74.5 Å². The number of amidine groups is 1. The number of benzene rings is 1. The topological polar surface area (TPSA) is 196 Å². The molecule has 0 bridgehead atoms. The van der Waals surface area contributed by atoms with Gasteiger partial charge in [0.25, 0.3) is 0 Å². The smallest absolute Gasteiger partial charge is 0.317 e. The minimum atomic E-state index is -0.853. The van der Waals surface area contributed by atoms with Crippen molar-refractivity contribution in [2.75, 3.05) is 39.3 Å². The first-order valence-corrected chi connectivity index (χ1v) is 18.9. The molecule has 1 aromatic rings. The Hall–Kier alpha value is -3.03. The zero-order valence-corrected chi connectivity index (χ0v) is 35.8. The summed E-state index contributed by atoms with van der Waals surface area (Å²) in [5.41, 5.74) is 6.77. The molecule has 0 fully saturated rings. The molecule has 0 aliphatic carbocycles. The largest absolute Gasteiger partial charge is 0.481 e. The fraction of sp³-hybridized carbons (Fsp3) is 0.667. The fourth-order valence-corrected chi connectivity index (χ4v) is 4.73. The Bertz CT molecular complexity index is 1200. The van der Waals surface area contributed by atoms with Crippen LogP contribution in [0.5, 0.6) is 0 Å². The van der Waals surface area contributed by atoms with Crippen molar-refractivity contribution < 1.29 is 38.4 Å². The number of nitrogens with zero attached hydrogens (tertiary/aromatic N) is 4. The molecule has 17 heteroatoms. The maximum absolute atomic E-state index is 13.3. The molecule has 14 nitrogen and oxygen atoms in total. The van der Waals surface area contributed by atoms with Gasteiger partial charge in [0, 0.05) is 42.9 Å². The van der Waals surface area contributed by atoms with Gasteiger partial charge in [-0.25, -0.2) is 0 Å². The number of rotatable bonds is 22. The van der Waals surface area contributed by atoms with Gasteiger partial charge in [-0.1, -0.05) is 80.6 Å². The monoisotopic (exact) mass is 885 g/mol. The molecule has 0 saturated heterocycles. The van der Waals surface area contributed by atoms with Crippen LogP contribution in [0.15, 0.2) is 33.3 Å². The van der Waals surface area contributed by atoms with E-state index < -0.39 is 17.9 Å². The quantitative estimate of drug-likeness (QED) is 0.0529. The summed E-state index contributed by atoms with van der Waals surface area (Å²) in [4.78, 5) is 46.7. The summed E-state index contributed by atoms with van der Waals surface area (Å²) in [6.45, 7) is 17.2. The number of amides is 1. The summed E-state index contributed by atoms with van der Waals surface area (Å²) in [5, 5.41) is 35.4. The van der Waals surface area contributed by atoms with Gasteiger partial charge >= 0.3 is 17.9 Å². The Labute approximate surface area is 337 Å². The third-order valence-electron chi connectivity index (χ3n) is 7.43. The molecule has 1 atom stereocenters. The number of nitrogens with one attached hydrogen (secondary N) is 3. The van der Waals surface area contributed by atoms with Crippen molar-refractivity contribution in [3.05, 3.63) is 29.3 Å². The molecule has 6 N–H and O–H groups in total. The van der Waals surface area contributed by atoms with Crippen LogP contribution in [0.1, 0.15) is 117 Å². The minimum absolute atomic E-state index is 0. The van der Waals surface area contributed by atoms with Crippen LogP contribution >= 0.6 is 36.1 Å². The summed E-state index contributed by atoms with van der Waals surface area (Å²) in [5.74, 6) is -1.09. The molecule has 1 aliphatic heterocycles. The van der Waals surface area contributed by atoms with Gasteiger partial charge < -0.3 is 20.6 Å². The Morgan fingerprint density at radius 1 is 0.830 bits per heavy atom. The Morgan fingerprint density at radius 2 is 1.40 bits per heavy atom. The van der Waals surface area contributed by atoms with Crippen LogP contribution in [0.2, 0.25) is 0 Å². The van der Waals surface area contributed by atoms with Crippen LogP contribution in [0.4, 0.5) is 3.89 Å². The highest BCUT2D eigenvalue weighted by Gasteiger charge is 2.15. The number of unbranched alkanes of at least 4 members (excludes halogenated alkanes) is 2. The lowest BCUT2D eigenvalue weighted by Gasteiger charge is -2.26. The second-order valence-electron chi connectivity index (χ2n) is 12.1. The van der Waals surface area contributed by atoms with E-state index in [1.165, 1.54) is 38.4 Å². The van der Waals surface area contributed by atoms with Crippen molar-refractivity contribution in [2.45, 2.75) is 118 Å². The lowest BCUT2D eigenvalue weighted by molar-refractivity contribution is -0.139. The molecular weight excluding hydrogens is 820 g/mol. The van der Waals surface area contributed by atoms with E-state index in [9.17, 15) is 23.1 Å². The van der Waals surface area contributed by atoms with Gasteiger partial charge in [-0.15, -0.1) is 24.0 Å². The summed E-state index contributed by atoms with van der Waals surface area (Å²) in [6.07, 6.45) is 10.6. The average molecular weight is 886 g/mol. The Balaban J connectivity index is -0.00000102. The first kappa shape index (κ1) is 54.3. The predicted molar refractivity (Wildman–Crippen MR) is 223 cm³/mol. The second-order valence-corrected chi connectivity index (χ2v) is 12.8. The number of carbonyl (C=O) groups excluding carboxylic acids is 1. The molecule has 1 aliphatic rings. The first-order chi connectivity index (χ1) is 24.8. The second kappa shape index (κ2) is 36.0. The zero-order chi connectivity index (χ0) is 39.7. The Morgan fingerprint density at radius 3 is 1.83 bits per heavy atom. The van der Waals surface area contributed by atoms with Crippen LogP contribution in [0.3, 0.4) is 0 Å². The van der Waals surface area contributed by atoms with E-state index in [0.717, 1.165) is 30.9 Å². The van der Waals surface area contributed by atoms with E-state index in [2.05, 4.69) is 47.1 Å². The van der Waals surface area contributed by atoms with Crippen molar-refractivity contribution in [1.29, 1.82) is 0 Å². The number of carboxylic acids is 3. The summed E-state index contributed by atoms with van der Waals surface area (Å²) >= 11 is 0.121. The highest BCUT2D eigenvalue weighted by molar-refractivity contribution is 14.0. The lowest BCUT2D eigenvalue weighted by atomic mass is 10.0. The van der Waals surface area contributed by atoms with Crippen molar-refractivity contribution in [3.63, 3.8) is 0 Å². The van der Waals surface area contributed by atoms with Gasteiger partial charge in [0.15, 0.2) is 5.84 Å². The number of halogens is 2. The molecule has 0 spiro atoms. The van der Waals surface area contributed by atoms with E-state index in [0.29, 0.717) is 35.9 Å². The minimum Gasteiger partial charge on any atom is -0.481 e. The molecule has 0 saturated carbocycles. The van der Waals surface area contributed by atoms with Crippen LogP contribution in [-0.4, -0.2) is 100 Å². The Kier molecular flexibility index (Phi) is 36.9. The van der Waals surface area contributed by atoms with E-state index in [4.69, 9.17) is 15.3 Å². The molecule has 306 valence electrons. The molecular formula is C36H65FIN7O7S. The van der Waals surface area contributed by atoms with E-state index >= 15 is 0 Å². The first-order valence-electron chi connectivity index (χ1n) is 18.2. The van der Waals surface area contributed by atoms with Gasteiger partial charge in [0.05, 0.1) is 25.2 Å². The number of aliphatic carboxylic acids is 3. The maximum atomic E-state index is 13.3. The average Bonchev–Trinajstić information content (AvgIpc) is 3.13. The van der Waals surface area contributed by atoms with Crippen molar-refractivity contribution in [1.82, 2.24) is 26.0 Å². The van der Waals surface area contributed by atoms with Gasteiger partial charge in [-0.3, -0.25) is 39.8 Å². The fourth-order valence-electron chi connectivity index (χ4n) is 4.37. The SMILES string of the molecule is CCC(=O)O.CCC(=O)O.CCCCCC(C)CC.CCCN(CCN(CCC)CC(=O)NCc1cc(SF)cc(C2=NNC=NN2)c1)CC(=O)O.I. The van der Waals surface area contributed by atoms with Gasteiger partial charge in [-0.2, -0.15) is 14.1 Å². The molecule has 0 aromatic heterocycles. The summed E-state index contributed by atoms with van der Waals surface area (Å²) in [7, 11) is 0. The predicted octanol–water partition coefficient (Wildman–Crippen LogP) is 6.78. The standard InChI is InChI=1S/C21H32FN7O3S.C9H20.2C3H6O2.HI/c1-3-5-28(7-8-29(6-4-2)14-20(31)32)13-19(30)23-12-16-9-17(11-18(10-16)33-22)21-26-24-15-25-27-21;1-4-6-7-8-9(3)5-2;2*1-2-3(4)5;/h9-11,15H,3-8,12-14H2,1-2H3,(H,23,30)(H,24,25)(H,26,27)(H,31,32);9H,4-8H2,1-3H3;2*2H2,1H3,(H,4,5);1H. The normalized spacial score (nSPS) is 11.8. The number of hydrogen-bond donors (Lipinski definition) is 6. The van der Waals surface area contributed by atoms with Crippen molar-refractivity contribution >= 4 is 72.1 Å². The molecule has 1 unspecified atom stereocenters. The maximum Gasteiger partial charge on any atom is 0.317 e. The van der Waals surface area contributed by atoms with Crippen LogP contribution in [-0.2, 0) is 25.7 Å². The highest BCUT2D eigenvalue weighted by Crippen LogP contribution is 2.22. The molecule has 53 heavy (non-hydrogen) atoms. The van der Waals surface area contributed by atoms with Gasteiger partial charge in [0.2, 0.25) is 5.91 Å². The molecule has 0 radical (unpaired) electrons. The summed E-state index contributed by atoms with van der Waals surface area (Å²) < 4.78 is 13.3. The van der Waals surface area contributed by atoms with Gasteiger partial charge in [0.1, 0.15) is 6.34 Å². The van der Waals surface area contributed by atoms with E-state index in [1.54, 1.807) is 26.0 Å². The third-order valence-corrected chi connectivity index (χ3v) is 7.84. The summed E-state index contributed by atoms with van der Waals surface area (Å²) in [6, 6.07) is 5.13. The molecule has 1 heterocycles. The van der Waals surface area contributed by atoms with Crippen LogP contribution < -0.4 is 16.2 Å². The number of hydrazone groups is 2. The third kappa shape index (κ3) is 32.1. The van der Waals surface area contributed by atoms with Crippen molar-refractivity contribution in [2.24, 2.45) is 16.1 Å². The number of hydrogen-bond acceptors (Lipinski definition) is 11. The number of carbonyl (C=O) groups is 4. The molecule has 1 aromatic carbocycles. The van der Waals surface area contributed by atoms with Crippen molar-refractivity contribution in [3.8, 4) is 0 Å². The molecule has 2 rings (SSSR count). The lowest BCUT2D eigenvalue weighted by Crippen LogP contribution is -2.42. The van der Waals surface area contributed by atoms with Crippen LogP contribution in [0.25, 0.3) is 0 Å². The zero-order valence-electron chi connectivity index (χ0n) is 32.7. The number of carboxylic acid groups (broad SMARTS) is 3. The van der Waals surface area contributed by atoms with Gasteiger partial charge in [-0.05, 0) is 55.6 Å².